The summed E-state index contributed by atoms with van der Waals surface area (Å²) >= 11 is 14.1. The number of piperidine rings is 1. The molecule has 3 heterocycles. The molecule has 5 rings (SSSR count). The Morgan fingerprint density at radius 1 is 1.10 bits per heavy atom. The van der Waals surface area contributed by atoms with E-state index in [1.54, 1.807) is 24.4 Å². The van der Waals surface area contributed by atoms with Crippen molar-refractivity contribution in [3.05, 3.63) is 93.4 Å². The number of nitrogens with two attached hydrogens (primary N) is 1. The van der Waals surface area contributed by atoms with Gasteiger partial charge in [0.15, 0.2) is 0 Å². The summed E-state index contributed by atoms with van der Waals surface area (Å²) in [6, 6.07) is 17.4. The number of likely N-dealkylation sites (tertiary alicyclic amines) is 1. The van der Waals surface area contributed by atoms with Gasteiger partial charge in [-0.2, -0.15) is 0 Å². The average Bonchev–Trinajstić information content (AvgIpc) is 3.80. The van der Waals surface area contributed by atoms with Gasteiger partial charge in [-0.3, -0.25) is 19.3 Å². The van der Waals surface area contributed by atoms with Gasteiger partial charge in [0.1, 0.15) is 36.5 Å². The minimum atomic E-state index is -0.954. The number of aromatic nitrogens is 3. The number of amides is 3. The van der Waals surface area contributed by atoms with E-state index < -0.39 is 11.9 Å². The van der Waals surface area contributed by atoms with Crippen molar-refractivity contribution in [2.24, 2.45) is 11.7 Å². The third kappa shape index (κ3) is 9.34. The first-order valence-electron chi connectivity index (χ1n) is 15.9. The Bertz CT molecular complexity index is 1650. The van der Waals surface area contributed by atoms with Crippen LogP contribution in [0.15, 0.2) is 72.2 Å². The van der Waals surface area contributed by atoms with Crippen LogP contribution in [-0.4, -0.2) is 69.7 Å². The molecule has 1 fully saturated rings. The number of anilines is 1. The fraction of sp³-hybridized carbons (Fsp3) is 0.382. The molecule has 2 aromatic carbocycles. The molecule has 3 amide bonds. The molecule has 3 N–H and O–H groups in total. The minimum Gasteiger partial charge on any atom is -0.486 e. The van der Waals surface area contributed by atoms with Crippen molar-refractivity contribution in [1.82, 2.24) is 25.2 Å². The summed E-state index contributed by atoms with van der Waals surface area (Å²) in [6.45, 7) is 2.68. The molecule has 48 heavy (non-hydrogen) atoms. The van der Waals surface area contributed by atoms with E-state index in [1.807, 2.05) is 52.7 Å². The lowest BCUT2D eigenvalue weighted by molar-refractivity contribution is -0.133. The van der Waals surface area contributed by atoms with Gasteiger partial charge in [-0.05, 0) is 73.4 Å². The molecule has 0 bridgehead atoms. The van der Waals surface area contributed by atoms with Crippen molar-refractivity contribution in [3.63, 3.8) is 0 Å². The number of nitrogens with zero attached hydrogens (tertiary/aromatic N) is 5. The fourth-order valence-corrected chi connectivity index (χ4v) is 6.90. The second-order valence-corrected chi connectivity index (χ2v) is 13.2. The molecule has 1 aliphatic rings. The molecule has 0 aliphatic carbocycles. The third-order valence-electron chi connectivity index (χ3n) is 8.25. The summed E-state index contributed by atoms with van der Waals surface area (Å²) in [5.74, 6) is -0.190. The van der Waals surface area contributed by atoms with Gasteiger partial charge in [0.25, 0.3) is 0 Å². The van der Waals surface area contributed by atoms with E-state index in [1.165, 1.54) is 20.9 Å². The Balaban J connectivity index is 1.22. The molecule has 11 nitrogen and oxygen atoms in total. The molecule has 1 atom stereocenters. The minimum absolute atomic E-state index is 0.000948. The molecule has 2 aromatic heterocycles. The maximum Gasteiger partial charge on any atom is 0.248 e. The van der Waals surface area contributed by atoms with E-state index in [0.717, 1.165) is 37.9 Å². The second-order valence-electron chi connectivity index (χ2n) is 11.6. The van der Waals surface area contributed by atoms with Gasteiger partial charge in [0.05, 0.1) is 11.2 Å². The van der Waals surface area contributed by atoms with Crippen LogP contribution in [0.5, 0.6) is 5.75 Å². The highest BCUT2D eigenvalue weighted by molar-refractivity contribution is 7.10. The fourth-order valence-electron chi connectivity index (χ4n) is 5.73. The maximum absolute atomic E-state index is 13.6. The first-order chi connectivity index (χ1) is 23.4. The molecule has 0 radical (unpaired) electrons. The Morgan fingerprint density at radius 3 is 2.58 bits per heavy atom. The van der Waals surface area contributed by atoms with Crippen molar-refractivity contribution in [2.75, 3.05) is 37.0 Å². The van der Waals surface area contributed by atoms with E-state index in [4.69, 9.17) is 33.7 Å². The van der Waals surface area contributed by atoms with Crippen LogP contribution in [0.3, 0.4) is 0 Å². The summed E-state index contributed by atoms with van der Waals surface area (Å²) in [5, 5.41) is 13.3. The quantitative estimate of drug-likeness (QED) is 0.169. The summed E-state index contributed by atoms with van der Waals surface area (Å²) < 4.78 is 7.43. The largest absolute Gasteiger partial charge is 0.486 e. The van der Waals surface area contributed by atoms with Gasteiger partial charge in [-0.25, -0.2) is 4.68 Å². The summed E-state index contributed by atoms with van der Waals surface area (Å²) in [4.78, 5) is 43.6. The van der Waals surface area contributed by atoms with Crippen LogP contribution in [0.25, 0.3) is 0 Å². The molecular weight excluding hydrogens is 673 g/mol. The molecule has 1 aliphatic heterocycles. The molecule has 14 heteroatoms. The lowest BCUT2D eigenvalue weighted by atomic mass is 9.93. The number of rotatable bonds is 15. The van der Waals surface area contributed by atoms with Gasteiger partial charge in [-0.1, -0.05) is 53.2 Å². The maximum atomic E-state index is 13.6. The molecule has 0 saturated carbocycles. The number of alkyl halides is 1. The number of hydrogen-bond donors (Lipinski definition) is 2. The van der Waals surface area contributed by atoms with Gasteiger partial charge >= 0.3 is 0 Å². The first kappa shape index (κ1) is 35.3. The van der Waals surface area contributed by atoms with Crippen molar-refractivity contribution >= 4 is 57.9 Å². The van der Waals surface area contributed by atoms with Crippen LogP contribution in [0.2, 0.25) is 5.02 Å². The first-order valence-corrected chi connectivity index (χ1v) is 17.7. The zero-order chi connectivity index (χ0) is 33.9. The molecular formula is C34H39Cl2N7O4S. The highest BCUT2D eigenvalue weighted by Crippen LogP contribution is 2.36. The van der Waals surface area contributed by atoms with Crippen molar-refractivity contribution in [1.29, 1.82) is 0 Å². The number of carbonyl (C=O) groups excluding carboxylic acids is 3. The highest BCUT2D eigenvalue weighted by Gasteiger charge is 2.33. The van der Waals surface area contributed by atoms with Crippen LogP contribution in [0.1, 0.15) is 41.4 Å². The Morgan fingerprint density at radius 2 is 1.90 bits per heavy atom. The van der Waals surface area contributed by atoms with Crippen LogP contribution in [-0.2, 0) is 34.0 Å². The Hall–Kier alpha value is -3.97. The van der Waals surface area contributed by atoms with Gasteiger partial charge in [-0.15, -0.1) is 28.0 Å². The Labute approximate surface area is 293 Å². The normalized spacial score (nSPS) is 14.0. The predicted octanol–water partition coefficient (Wildman–Crippen LogP) is 4.83. The van der Waals surface area contributed by atoms with Crippen LogP contribution in [0, 0.1) is 5.92 Å². The number of hydrogen-bond acceptors (Lipinski definition) is 8. The van der Waals surface area contributed by atoms with E-state index in [0.29, 0.717) is 47.4 Å². The smallest absolute Gasteiger partial charge is 0.248 e. The molecule has 254 valence electrons. The lowest BCUT2D eigenvalue weighted by Crippen LogP contribution is -2.44. The number of ether oxygens (including phenoxy) is 1. The van der Waals surface area contributed by atoms with Crippen molar-refractivity contribution in [2.45, 2.75) is 44.9 Å². The summed E-state index contributed by atoms with van der Waals surface area (Å²) in [5.41, 5.74) is 7.69. The topological polar surface area (TPSA) is 136 Å². The van der Waals surface area contributed by atoms with Crippen LogP contribution in [0.4, 0.5) is 5.69 Å². The third-order valence-corrected chi connectivity index (χ3v) is 9.70. The van der Waals surface area contributed by atoms with E-state index in [-0.39, 0.29) is 35.9 Å². The molecule has 4 aromatic rings. The lowest BCUT2D eigenvalue weighted by Gasteiger charge is -2.31. The highest BCUT2D eigenvalue weighted by atomic mass is 35.5. The van der Waals surface area contributed by atoms with E-state index in [9.17, 15) is 14.4 Å². The number of halogens is 2. The SMILES string of the molecule is NCCC1CCN(C(=O)Cn2cc(COc3ccc(N(C(=O)CCl)C(C(=O)NCCc4ccccc4)c4cccs4)cc3Cl)nn2)CC1. The van der Waals surface area contributed by atoms with E-state index in [2.05, 4.69) is 15.6 Å². The molecule has 1 unspecified atom stereocenters. The predicted molar refractivity (Wildman–Crippen MR) is 187 cm³/mol. The number of nitrogens with one attached hydrogen (secondary N) is 1. The summed E-state index contributed by atoms with van der Waals surface area (Å²) in [6.07, 6.45) is 5.24. The van der Waals surface area contributed by atoms with Crippen LogP contribution < -0.4 is 20.7 Å². The number of benzene rings is 2. The monoisotopic (exact) mass is 711 g/mol. The standard InChI is InChI=1S/C34H39Cl2N7O4S/c35-20-31(44)43(33(30-7-4-18-48-30)34(46)38-15-11-24-5-2-1-3-6-24)27-8-9-29(28(36)19-27)47-23-26-21-42(40-39-26)22-32(45)41-16-12-25(10-14-37)13-17-41/h1-9,18-19,21,25,33H,10-17,20,22-23,37H2,(H,38,46). The zero-order valence-electron chi connectivity index (χ0n) is 26.5. The number of carbonyl (C=O) groups is 3. The zero-order valence-corrected chi connectivity index (χ0v) is 28.8. The van der Waals surface area contributed by atoms with Crippen molar-refractivity contribution < 1.29 is 19.1 Å². The van der Waals surface area contributed by atoms with Gasteiger partial charge < -0.3 is 20.7 Å². The van der Waals surface area contributed by atoms with Gasteiger partial charge in [0, 0.05) is 30.2 Å². The van der Waals surface area contributed by atoms with Crippen molar-refractivity contribution in [3.8, 4) is 5.75 Å². The van der Waals surface area contributed by atoms with E-state index >= 15 is 0 Å². The molecule has 0 spiro atoms. The Kier molecular flexibility index (Phi) is 12.8. The van der Waals surface area contributed by atoms with Gasteiger partial charge in [0.2, 0.25) is 17.7 Å². The molecule has 1 saturated heterocycles. The number of thiophene rings is 1. The van der Waals surface area contributed by atoms with Crippen LogP contribution >= 0.6 is 34.5 Å². The summed E-state index contributed by atoms with van der Waals surface area (Å²) in [7, 11) is 0. The second kappa shape index (κ2) is 17.4. The average molecular weight is 713 g/mol.